The summed E-state index contributed by atoms with van der Waals surface area (Å²) in [6.07, 6.45) is 0. The van der Waals surface area contributed by atoms with Crippen LogP contribution in [0.5, 0.6) is 0 Å². The molecular formula is C56H33NS. The van der Waals surface area contributed by atoms with Crippen molar-refractivity contribution < 1.29 is 0 Å². The molecule has 1 aromatic heterocycles. The fourth-order valence-electron chi connectivity index (χ4n) is 10.0. The maximum atomic E-state index is 2.51. The lowest BCUT2D eigenvalue weighted by Crippen LogP contribution is -2.10. The van der Waals surface area contributed by atoms with E-state index in [1.54, 1.807) is 0 Å². The number of fused-ring (bicyclic) bond motifs is 6. The Morgan fingerprint density at radius 1 is 0.293 bits per heavy atom. The third kappa shape index (κ3) is 4.52. The number of nitrogens with zero attached hydrogens (tertiary/aromatic N) is 1. The molecule has 13 aromatic rings. The molecule has 268 valence electrons. The molecule has 12 aromatic carbocycles. The van der Waals surface area contributed by atoms with Crippen molar-refractivity contribution in [2.24, 2.45) is 0 Å². The lowest BCUT2D eigenvalue weighted by atomic mass is 9.87. The Bertz CT molecular complexity index is 3790. The summed E-state index contributed by atoms with van der Waals surface area (Å²) in [5.74, 6) is 0. The normalized spacial score (nSPS) is 12.1. The van der Waals surface area contributed by atoms with Crippen molar-refractivity contribution in [3.63, 3.8) is 0 Å². The van der Waals surface area contributed by atoms with E-state index < -0.39 is 0 Å². The topological polar surface area (TPSA) is 3.24 Å². The SMILES string of the molecule is c1ccc2c(-c3ccc(N(c4cc5ccc6cccc7c8cccc9ccc%10cccc(c(c4)c5c67)c%10c98)c4cccc5sc6ccccc6c45)cc3)cccc2c1. The molecule has 0 saturated carbocycles. The second-order valence-electron chi connectivity index (χ2n) is 15.6. The molecule has 0 radical (unpaired) electrons. The molecule has 0 bridgehead atoms. The summed E-state index contributed by atoms with van der Waals surface area (Å²) < 4.78 is 2.59. The van der Waals surface area contributed by atoms with Crippen LogP contribution in [0, 0.1) is 0 Å². The first-order valence-corrected chi connectivity index (χ1v) is 20.8. The maximum Gasteiger partial charge on any atom is 0.0554 e. The molecule has 0 N–H and O–H groups in total. The standard InChI is InChI=1S/C56H33NS/c1-2-15-42-34(10-1)11-5-17-43(42)35-28-30-40(31-29-35)57(49-21-9-23-51-56(49)47-16-3-4-22-50(47)58-51)41-32-39-27-26-38-13-7-19-45-44-18-6-12-36-24-25-37-14-8-20-46(54(37)52(36)44)48(33-41)55(39)53(38)45/h1-33H. The second kappa shape index (κ2) is 12.1. The minimum Gasteiger partial charge on any atom is -0.310 e. The molecule has 0 atom stereocenters. The molecule has 2 heteroatoms. The van der Waals surface area contributed by atoms with E-state index in [0.29, 0.717) is 0 Å². The minimum atomic E-state index is 1.12. The molecule has 13 rings (SSSR count). The molecule has 0 unspecified atom stereocenters. The summed E-state index contributed by atoms with van der Waals surface area (Å²) in [5.41, 5.74) is 5.89. The van der Waals surface area contributed by atoms with E-state index in [4.69, 9.17) is 0 Å². The molecule has 0 aliphatic heterocycles. The van der Waals surface area contributed by atoms with Crippen LogP contribution in [0.15, 0.2) is 200 Å². The number of hydrogen-bond acceptors (Lipinski definition) is 2. The van der Waals surface area contributed by atoms with Gasteiger partial charge in [-0.1, -0.05) is 158 Å². The van der Waals surface area contributed by atoms with Gasteiger partial charge in [-0.15, -0.1) is 11.3 Å². The molecule has 0 fully saturated rings. The highest BCUT2D eigenvalue weighted by atomic mass is 32.1. The van der Waals surface area contributed by atoms with Crippen LogP contribution in [0.3, 0.4) is 0 Å². The number of anilines is 3. The lowest BCUT2D eigenvalue weighted by Gasteiger charge is -2.28. The van der Waals surface area contributed by atoms with Gasteiger partial charge in [0.1, 0.15) is 0 Å². The summed E-state index contributed by atoms with van der Waals surface area (Å²) >= 11 is 1.87. The van der Waals surface area contributed by atoms with Crippen LogP contribution in [0.1, 0.15) is 0 Å². The average molecular weight is 752 g/mol. The predicted octanol–water partition coefficient (Wildman–Crippen LogP) is 16.7. The first-order chi connectivity index (χ1) is 28.8. The Morgan fingerprint density at radius 3 is 1.53 bits per heavy atom. The predicted molar refractivity (Wildman–Crippen MR) is 253 cm³/mol. The first kappa shape index (κ1) is 31.9. The minimum absolute atomic E-state index is 1.12. The van der Waals surface area contributed by atoms with E-state index in [9.17, 15) is 0 Å². The van der Waals surface area contributed by atoms with E-state index >= 15 is 0 Å². The highest BCUT2D eigenvalue weighted by Crippen LogP contribution is 2.49. The van der Waals surface area contributed by atoms with Gasteiger partial charge in [-0.25, -0.2) is 0 Å². The summed E-state index contributed by atoms with van der Waals surface area (Å²) in [6.45, 7) is 0. The smallest absolute Gasteiger partial charge is 0.0554 e. The van der Waals surface area contributed by atoms with Gasteiger partial charge >= 0.3 is 0 Å². The fraction of sp³-hybridized carbons (Fsp3) is 0. The Kier molecular flexibility index (Phi) is 6.66. The van der Waals surface area contributed by atoms with Gasteiger partial charge in [-0.05, 0) is 129 Å². The van der Waals surface area contributed by atoms with Gasteiger partial charge in [0.05, 0.1) is 5.69 Å². The summed E-state index contributed by atoms with van der Waals surface area (Å²) in [6, 6.07) is 74.8. The highest BCUT2D eigenvalue weighted by Gasteiger charge is 2.22. The zero-order valence-corrected chi connectivity index (χ0v) is 32.2. The monoisotopic (exact) mass is 751 g/mol. The summed E-state index contributed by atoms with van der Waals surface area (Å²) in [7, 11) is 0. The molecule has 0 aliphatic rings. The van der Waals surface area contributed by atoms with Crippen LogP contribution >= 0.6 is 11.3 Å². The first-order valence-electron chi connectivity index (χ1n) is 20.0. The van der Waals surface area contributed by atoms with Crippen molar-refractivity contribution >= 4 is 124 Å². The second-order valence-corrected chi connectivity index (χ2v) is 16.7. The van der Waals surface area contributed by atoms with Gasteiger partial charge in [-0.2, -0.15) is 0 Å². The molecular weight excluding hydrogens is 719 g/mol. The van der Waals surface area contributed by atoms with Gasteiger partial charge < -0.3 is 4.90 Å². The zero-order chi connectivity index (χ0) is 37.9. The average Bonchev–Trinajstić information content (AvgIpc) is 3.67. The summed E-state index contributed by atoms with van der Waals surface area (Å²) in [4.78, 5) is 2.51. The van der Waals surface area contributed by atoms with Gasteiger partial charge in [0.15, 0.2) is 0 Å². The third-order valence-corrected chi connectivity index (χ3v) is 13.7. The van der Waals surface area contributed by atoms with Crippen LogP contribution < -0.4 is 4.90 Å². The van der Waals surface area contributed by atoms with Gasteiger partial charge in [0, 0.05) is 31.5 Å². The number of thiophene rings is 1. The summed E-state index contributed by atoms with van der Waals surface area (Å²) in [5, 5.41) is 20.5. The highest BCUT2D eigenvalue weighted by molar-refractivity contribution is 7.26. The Morgan fingerprint density at radius 2 is 0.810 bits per heavy atom. The van der Waals surface area contributed by atoms with Gasteiger partial charge in [0.25, 0.3) is 0 Å². The molecule has 0 aliphatic carbocycles. The largest absolute Gasteiger partial charge is 0.310 e. The van der Waals surface area contributed by atoms with E-state index in [0.717, 1.165) is 11.4 Å². The van der Waals surface area contributed by atoms with E-state index in [1.807, 2.05) is 11.3 Å². The van der Waals surface area contributed by atoms with Crippen molar-refractivity contribution in [1.29, 1.82) is 0 Å². The molecule has 0 spiro atoms. The van der Waals surface area contributed by atoms with Crippen LogP contribution in [-0.4, -0.2) is 0 Å². The molecule has 0 saturated heterocycles. The quantitative estimate of drug-likeness (QED) is 0.162. The van der Waals surface area contributed by atoms with Crippen molar-refractivity contribution in [1.82, 2.24) is 0 Å². The zero-order valence-electron chi connectivity index (χ0n) is 31.4. The van der Waals surface area contributed by atoms with Crippen LogP contribution in [-0.2, 0) is 0 Å². The van der Waals surface area contributed by atoms with Crippen molar-refractivity contribution in [3.8, 4) is 11.1 Å². The van der Waals surface area contributed by atoms with Crippen molar-refractivity contribution in [2.45, 2.75) is 0 Å². The van der Waals surface area contributed by atoms with E-state index in [-0.39, 0.29) is 0 Å². The van der Waals surface area contributed by atoms with Crippen LogP contribution in [0.2, 0.25) is 0 Å². The van der Waals surface area contributed by atoms with Gasteiger partial charge in [0.2, 0.25) is 0 Å². The van der Waals surface area contributed by atoms with Crippen LogP contribution in [0.4, 0.5) is 17.1 Å². The fourth-order valence-corrected chi connectivity index (χ4v) is 11.2. The Hall–Kier alpha value is -7.26. The number of rotatable bonds is 4. The molecule has 0 amide bonds. The maximum absolute atomic E-state index is 2.51. The van der Waals surface area contributed by atoms with Crippen LogP contribution in [0.25, 0.3) is 107 Å². The number of benzene rings is 11. The van der Waals surface area contributed by atoms with Gasteiger partial charge in [-0.3, -0.25) is 0 Å². The Labute approximate surface area is 338 Å². The number of hydrogen-bond donors (Lipinski definition) is 0. The third-order valence-electron chi connectivity index (χ3n) is 12.5. The molecule has 1 heterocycles. The van der Waals surface area contributed by atoms with Crippen molar-refractivity contribution in [3.05, 3.63) is 200 Å². The molecule has 1 nitrogen and oxygen atoms in total. The lowest BCUT2D eigenvalue weighted by molar-refractivity contribution is 1.31. The van der Waals surface area contributed by atoms with E-state index in [2.05, 4.69) is 205 Å². The Balaban J connectivity index is 1.16. The van der Waals surface area contributed by atoms with Crippen molar-refractivity contribution in [2.75, 3.05) is 4.90 Å². The van der Waals surface area contributed by atoms with E-state index in [1.165, 1.54) is 112 Å². The molecule has 58 heavy (non-hydrogen) atoms.